The van der Waals surface area contributed by atoms with Crippen molar-refractivity contribution in [2.24, 2.45) is 5.73 Å². The topological polar surface area (TPSA) is 94.1 Å². The average Bonchev–Trinajstić information content (AvgIpc) is 2.38. The molecule has 0 aliphatic carbocycles. The number of nitro benzene ring substituents is 1. The van der Waals surface area contributed by atoms with E-state index in [1.165, 1.54) is 0 Å². The lowest BCUT2D eigenvalue weighted by Crippen LogP contribution is -2.09. The van der Waals surface area contributed by atoms with Crippen LogP contribution in [-0.4, -0.2) is 23.0 Å². The van der Waals surface area contributed by atoms with Crippen molar-refractivity contribution in [2.75, 3.05) is 18.4 Å². The summed E-state index contributed by atoms with van der Waals surface area (Å²) in [5.74, 6) is 0. The predicted molar refractivity (Wildman–Crippen MR) is 70.6 cm³/mol. The molecule has 2 aromatic rings. The van der Waals surface area contributed by atoms with Gasteiger partial charge in [-0.25, -0.2) is 0 Å². The lowest BCUT2D eigenvalue weighted by molar-refractivity contribution is -0.382. The second kappa shape index (κ2) is 5.42. The second-order valence-electron chi connectivity index (χ2n) is 3.86. The number of nitrogens with two attached hydrogens (primary N) is 1. The Labute approximate surface area is 104 Å². The molecule has 1 aromatic carbocycles. The van der Waals surface area contributed by atoms with Crippen molar-refractivity contribution in [1.82, 2.24) is 4.98 Å². The number of pyridine rings is 1. The second-order valence-corrected chi connectivity index (χ2v) is 3.86. The van der Waals surface area contributed by atoms with Crippen LogP contribution < -0.4 is 11.1 Å². The Hall–Kier alpha value is -2.21. The highest BCUT2D eigenvalue weighted by molar-refractivity contribution is 5.94. The predicted octanol–water partition coefficient (Wildman–Crippen LogP) is 1.90. The largest absolute Gasteiger partial charge is 0.379 e. The lowest BCUT2D eigenvalue weighted by Gasteiger charge is -2.08. The van der Waals surface area contributed by atoms with Crippen LogP contribution in [0.25, 0.3) is 10.9 Å². The number of nitro groups is 1. The van der Waals surface area contributed by atoms with Gasteiger partial charge in [0, 0.05) is 12.7 Å². The van der Waals surface area contributed by atoms with Crippen molar-refractivity contribution in [1.29, 1.82) is 0 Å². The van der Waals surface area contributed by atoms with Crippen LogP contribution in [0.3, 0.4) is 0 Å². The van der Waals surface area contributed by atoms with Gasteiger partial charge in [0.1, 0.15) is 5.69 Å². The molecular formula is C12H14N4O2. The number of anilines is 1. The molecular weight excluding hydrogens is 232 g/mol. The molecule has 0 bridgehead atoms. The van der Waals surface area contributed by atoms with Crippen molar-refractivity contribution < 1.29 is 4.92 Å². The maximum absolute atomic E-state index is 11.2. The molecule has 0 radical (unpaired) electrons. The number of rotatable bonds is 5. The van der Waals surface area contributed by atoms with E-state index in [9.17, 15) is 10.1 Å². The van der Waals surface area contributed by atoms with Crippen LogP contribution in [0.1, 0.15) is 6.42 Å². The minimum atomic E-state index is -0.380. The summed E-state index contributed by atoms with van der Waals surface area (Å²) in [6, 6.07) is 6.85. The van der Waals surface area contributed by atoms with Crippen molar-refractivity contribution in [3.8, 4) is 0 Å². The first-order chi connectivity index (χ1) is 8.74. The summed E-state index contributed by atoms with van der Waals surface area (Å²) in [5.41, 5.74) is 6.59. The third-order valence-corrected chi connectivity index (χ3v) is 2.64. The Morgan fingerprint density at radius 3 is 2.94 bits per heavy atom. The molecule has 0 aliphatic heterocycles. The summed E-state index contributed by atoms with van der Waals surface area (Å²) in [6.07, 6.45) is 2.38. The zero-order valence-corrected chi connectivity index (χ0v) is 9.80. The Bertz CT molecular complexity index is 571. The molecule has 18 heavy (non-hydrogen) atoms. The van der Waals surface area contributed by atoms with Crippen LogP contribution in [0, 0.1) is 10.1 Å². The molecule has 1 heterocycles. The Kier molecular flexibility index (Phi) is 3.69. The van der Waals surface area contributed by atoms with E-state index in [-0.39, 0.29) is 10.6 Å². The van der Waals surface area contributed by atoms with Crippen molar-refractivity contribution >= 4 is 22.3 Å². The summed E-state index contributed by atoms with van der Waals surface area (Å²) in [6.45, 7) is 1.17. The normalized spacial score (nSPS) is 10.5. The third kappa shape index (κ3) is 2.38. The highest BCUT2D eigenvalue weighted by Crippen LogP contribution is 2.32. The van der Waals surface area contributed by atoms with E-state index in [2.05, 4.69) is 10.3 Å². The van der Waals surface area contributed by atoms with Gasteiger partial charge in [-0.3, -0.25) is 15.1 Å². The van der Waals surface area contributed by atoms with Gasteiger partial charge in [-0.05, 0) is 37.2 Å². The van der Waals surface area contributed by atoms with Gasteiger partial charge in [0.05, 0.1) is 15.8 Å². The van der Waals surface area contributed by atoms with Gasteiger partial charge in [-0.15, -0.1) is 0 Å². The van der Waals surface area contributed by atoms with Crippen LogP contribution in [0.2, 0.25) is 0 Å². The van der Waals surface area contributed by atoms with E-state index in [0.29, 0.717) is 29.7 Å². The SMILES string of the molecule is NCCCNc1ccc2ncccc2c1[N+](=O)[O-]. The minimum absolute atomic E-state index is 0.0672. The standard InChI is InChI=1S/C12H14N4O2/c13-6-2-8-15-11-5-4-10-9(3-1-7-14-10)12(11)16(17)18/h1,3-5,7,15H,2,6,8,13H2. The Morgan fingerprint density at radius 2 is 2.22 bits per heavy atom. The first-order valence-electron chi connectivity index (χ1n) is 5.70. The molecule has 0 saturated heterocycles. The quantitative estimate of drug-likeness (QED) is 0.477. The molecule has 0 aliphatic rings. The fraction of sp³-hybridized carbons (Fsp3) is 0.250. The highest BCUT2D eigenvalue weighted by Gasteiger charge is 2.18. The number of benzene rings is 1. The van der Waals surface area contributed by atoms with E-state index in [0.717, 1.165) is 6.42 Å². The maximum atomic E-state index is 11.2. The van der Waals surface area contributed by atoms with Gasteiger partial charge in [-0.1, -0.05) is 0 Å². The molecule has 0 amide bonds. The third-order valence-electron chi connectivity index (χ3n) is 2.64. The number of fused-ring (bicyclic) bond motifs is 1. The highest BCUT2D eigenvalue weighted by atomic mass is 16.6. The van der Waals surface area contributed by atoms with Crippen LogP contribution in [-0.2, 0) is 0 Å². The molecule has 0 fully saturated rings. The van der Waals surface area contributed by atoms with E-state index in [1.54, 1.807) is 30.5 Å². The number of hydrogen-bond acceptors (Lipinski definition) is 5. The van der Waals surface area contributed by atoms with E-state index >= 15 is 0 Å². The first kappa shape index (κ1) is 12.3. The van der Waals surface area contributed by atoms with E-state index < -0.39 is 0 Å². The van der Waals surface area contributed by atoms with Gasteiger partial charge < -0.3 is 11.1 Å². The van der Waals surface area contributed by atoms with Crippen LogP contribution >= 0.6 is 0 Å². The fourth-order valence-corrected chi connectivity index (χ4v) is 1.80. The molecule has 6 nitrogen and oxygen atoms in total. The average molecular weight is 246 g/mol. The molecule has 0 spiro atoms. The Balaban J connectivity index is 2.46. The van der Waals surface area contributed by atoms with Gasteiger partial charge in [-0.2, -0.15) is 0 Å². The van der Waals surface area contributed by atoms with Crippen LogP contribution in [0.5, 0.6) is 0 Å². The van der Waals surface area contributed by atoms with Crippen molar-refractivity contribution in [3.05, 3.63) is 40.6 Å². The minimum Gasteiger partial charge on any atom is -0.379 e. The number of hydrogen-bond donors (Lipinski definition) is 2. The number of nitrogens with zero attached hydrogens (tertiary/aromatic N) is 2. The summed E-state index contributed by atoms with van der Waals surface area (Å²) in [5, 5.41) is 14.8. The summed E-state index contributed by atoms with van der Waals surface area (Å²) < 4.78 is 0. The van der Waals surface area contributed by atoms with Crippen molar-refractivity contribution in [2.45, 2.75) is 6.42 Å². The fourth-order valence-electron chi connectivity index (χ4n) is 1.80. The first-order valence-corrected chi connectivity index (χ1v) is 5.70. The Morgan fingerprint density at radius 1 is 1.39 bits per heavy atom. The number of nitrogens with one attached hydrogen (secondary N) is 1. The molecule has 6 heteroatoms. The van der Waals surface area contributed by atoms with Gasteiger partial charge in [0.25, 0.3) is 0 Å². The lowest BCUT2D eigenvalue weighted by atomic mass is 10.1. The molecule has 0 unspecified atom stereocenters. The molecule has 0 atom stereocenters. The molecule has 3 N–H and O–H groups in total. The summed E-state index contributed by atoms with van der Waals surface area (Å²) in [7, 11) is 0. The van der Waals surface area contributed by atoms with Gasteiger partial charge in [0.15, 0.2) is 0 Å². The monoisotopic (exact) mass is 246 g/mol. The molecule has 94 valence electrons. The van der Waals surface area contributed by atoms with Crippen LogP contribution in [0.4, 0.5) is 11.4 Å². The summed E-state index contributed by atoms with van der Waals surface area (Å²) in [4.78, 5) is 14.9. The zero-order chi connectivity index (χ0) is 13.0. The van der Waals surface area contributed by atoms with E-state index in [1.807, 2.05) is 0 Å². The number of aromatic nitrogens is 1. The molecule has 1 aromatic heterocycles. The van der Waals surface area contributed by atoms with Crippen molar-refractivity contribution in [3.63, 3.8) is 0 Å². The smallest absolute Gasteiger partial charge is 0.301 e. The molecule has 2 rings (SSSR count). The van der Waals surface area contributed by atoms with E-state index in [4.69, 9.17) is 5.73 Å². The van der Waals surface area contributed by atoms with Crippen LogP contribution in [0.15, 0.2) is 30.5 Å². The maximum Gasteiger partial charge on any atom is 0.301 e. The van der Waals surface area contributed by atoms with Gasteiger partial charge in [0.2, 0.25) is 0 Å². The molecule has 0 saturated carbocycles. The van der Waals surface area contributed by atoms with Gasteiger partial charge >= 0.3 is 5.69 Å². The summed E-state index contributed by atoms with van der Waals surface area (Å²) >= 11 is 0. The zero-order valence-electron chi connectivity index (χ0n) is 9.80.